The number of carbonyl (C=O) groups excluding carboxylic acids is 3. The molecule has 2 fully saturated rings. The first-order valence-electron chi connectivity index (χ1n) is 9.89. The van der Waals surface area contributed by atoms with Crippen molar-refractivity contribution in [1.29, 1.82) is 0 Å². The Morgan fingerprint density at radius 2 is 2.00 bits per heavy atom. The number of ether oxygens (including phenoxy) is 2. The number of piperidine rings is 1. The predicted molar refractivity (Wildman–Crippen MR) is 107 cm³/mol. The van der Waals surface area contributed by atoms with Gasteiger partial charge in [0, 0.05) is 53.0 Å². The number of nitrogens with zero attached hydrogens (tertiary/aromatic N) is 3. The first-order valence-corrected chi connectivity index (χ1v) is 9.89. The van der Waals surface area contributed by atoms with E-state index in [4.69, 9.17) is 9.47 Å². The second kappa shape index (κ2) is 9.19. The van der Waals surface area contributed by atoms with Gasteiger partial charge in [-0.3, -0.25) is 9.69 Å². The Bertz CT molecular complexity index is 810. The van der Waals surface area contributed by atoms with E-state index in [-0.39, 0.29) is 36.9 Å². The van der Waals surface area contributed by atoms with Crippen LogP contribution in [0, 0.1) is 5.82 Å². The summed E-state index contributed by atoms with van der Waals surface area (Å²) in [7, 11) is 3.42. The second-order valence-electron chi connectivity index (χ2n) is 7.65. The number of rotatable bonds is 5. The summed E-state index contributed by atoms with van der Waals surface area (Å²) in [6.45, 7) is 2.91. The number of urea groups is 1. The Hall–Kier alpha value is -3.04. The van der Waals surface area contributed by atoms with E-state index in [2.05, 4.69) is 5.32 Å². The van der Waals surface area contributed by atoms with Crippen molar-refractivity contribution in [2.45, 2.75) is 32.0 Å². The minimum Gasteiger partial charge on any atom is -0.487 e. The van der Waals surface area contributed by atoms with Crippen LogP contribution in [0.1, 0.15) is 19.8 Å². The molecule has 4 amide bonds. The number of anilines is 1. The summed E-state index contributed by atoms with van der Waals surface area (Å²) in [5.41, 5.74) is 0.363. The first kappa shape index (κ1) is 21.7. The SMILES string of the molecule is CC(=O)NC[C@H]1CN(c2ccc(OC3CCN(C(=O)N(C)C)CC3)c(F)c2)C(=O)O1. The monoisotopic (exact) mass is 422 g/mol. The van der Waals surface area contributed by atoms with Crippen LogP contribution in [0.25, 0.3) is 0 Å². The van der Waals surface area contributed by atoms with E-state index in [9.17, 15) is 18.8 Å². The van der Waals surface area contributed by atoms with Crippen LogP contribution in [0.2, 0.25) is 0 Å². The summed E-state index contributed by atoms with van der Waals surface area (Å²) in [4.78, 5) is 39.7. The van der Waals surface area contributed by atoms with Crippen LogP contribution in [-0.4, -0.2) is 80.3 Å². The normalized spacial score (nSPS) is 19.5. The van der Waals surface area contributed by atoms with Crippen LogP contribution >= 0.6 is 0 Å². The first-order chi connectivity index (χ1) is 14.2. The summed E-state index contributed by atoms with van der Waals surface area (Å²) >= 11 is 0. The third-order valence-corrected chi connectivity index (χ3v) is 5.07. The average Bonchev–Trinajstić information content (AvgIpc) is 3.08. The quantitative estimate of drug-likeness (QED) is 0.782. The van der Waals surface area contributed by atoms with Gasteiger partial charge in [-0.2, -0.15) is 0 Å². The molecular formula is C20H27FN4O5. The molecule has 0 saturated carbocycles. The van der Waals surface area contributed by atoms with Gasteiger partial charge in [0.2, 0.25) is 5.91 Å². The number of nitrogens with one attached hydrogen (secondary N) is 1. The predicted octanol–water partition coefficient (Wildman–Crippen LogP) is 1.81. The maximum absolute atomic E-state index is 14.6. The molecule has 0 aliphatic carbocycles. The summed E-state index contributed by atoms with van der Waals surface area (Å²) < 4.78 is 25.6. The lowest BCUT2D eigenvalue weighted by molar-refractivity contribution is -0.119. The molecule has 2 heterocycles. The standard InChI is InChI=1S/C20H27FN4O5/c1-13(26)22-11-16-12-25(20(28)30-16)14-4-5-18(17(21)10-14)29-15-6-8-24(9-7-15)19(27)23(2)3/h4-5,10,15-16H,6-9,11-12H2,1-3H3,(H,22,26)/t16-/m0/s1. The maximum atomic E-state index is 14.6. The number of halogens is 1. The van der Waals surface area contributed by atoms with Crippen LogP contribution in [0.4, 0.5) is 19.7 Å². The molecule has 10 heteroatoms. The van der Waals surface area contributed by atoms with Gasteiger partial charge < -0.3 is 24.6 Å². The molecule has 1 N–H and O–H groups in total. The molecule has 30 heavy (non-hydrogen) atoms. The Balaban J connectivity index is 1.56. The van der Waals surface area contributed by atoms with Gasteiger partial charge in [0.05, 0.1) is 18.8 Å². The fourth-order valence-corrected chi connectivity index (χ4v) is 3.48. The highest BCUT2D eigenvalue weighted by atomic mass is 19.1. The van der Waals surface area contributed by atoms with Gasteiger partial charge in [-0.1, -0.05) is 0 Å². The van der Waals surface area contributed by atoms with Crippen LogP contribution in [0.5, 0.6) is 5.75 Å². The third kappa shape index (κ3) is 5.11. The zero-order valence-electron chi connectivity index (χ0n) is 17.4. The zero-order valence-corrected chi connectivity index (χ0v) is 17.4. The summed E-state index contributed by atoms with van der Waals surface area (Å²) in [5, 5.41) is 2.60. The van der Waals surface area contributed by atoms with Crippen molar-refractivity contribution in [2.24, 2.45) is 0 Å². The fraction of sp³-hybridized carbons (Fsp3) is 0.550. The molecule has 1 aromatic rings. The van der Waals surface area contributed by atoms with Crippen LogP contribution in [-0.2, 0) is 9.53 Å². The van der Waals surface area contributed by atoms with Gasteiger partial charge in [0.25, 0.3) is 0 Å². The van der Waals surface area contributed by atoms with Crippen LogP contribution < -0.4 is 15.0 Å². The Kier molecular flexibility index (Phi) is 6.63. The number of carbonyl (C=O) groups is 3. The van der Waals surface area contributed by atoms with Gasteiger partial charge in [-0.25, -0.2) is 14.0 Å². The number of cyclic esters (lactones) is 1. The lowest BCUT2D eigenvalue weighted by Gasteiger charge is -2.33. The second-order valence-corrected chi connectivity index (χ2v) is 7.65. The van der Waals surface area contributed by atoms with E-state index in [1.165, 1.54) is 28.9 Å². The topological polar surface area (TPSA) is 91.4 Å². The lowest BCUT2D eigenvalue weighted by Crippen LogP contribution is -2.46. The van der Waals surface area contributed by atoms with Gasteiger partial charge in [0.1, 0.15) is 12.2 Å². The minimum atomic E-state index is -0.587. The lowest BCUT2D eigenvalue weighted by atomic mass is 10.1. The van der Waals surface area contributed by atoms with Gasteiger partial charge in [-0.05, 0) is 12.1 Å². The van der Waals surface area contributed by atoms with Crippen molar-refractivity contribution in [1.82, 2.24) is 15.1 Å². The largest absolute Gasteiger partial charge is 0.487 e. The van der Waals surface area contributed by atoms with Gasteiger partial charge in [0.15, 0.2) is 11.6 Å². The van der Waals surface area contributed by atoms with E-state index in [1.54, 1.807) is 25.1 Å². The molecule has 0 radical (unpaired) electrons. The number of likely N-dealkylation sites (tertiary alicyclic amines) is 1. The maximum Gasteiger partial charge on any atom is 0.414 e. The van der Waals surface area contributed by atoms with Crippen molar-refractivity contribution >= 4 is 23.7 Å². The number of hydrogen-bond donors (Lipinski definition) is 1. The molecular weight excluding hydrogens is 395 g/mol. The van der Waals surface area contributed by atoms with Crippen molar-refractivity contribution in [3.05, 3.63) is 24.0 Å². The van der Waals surface area contributed by atoms with Crippen molar-refractivity contribution < 1.29 is 28.2 Å². The molecule has 2 aliphatic rings. The molecule has 164 valence electrons. The molecule has 0 bridgehead atoms. The molecule has 0 spiro atoms. The minimum absolute atomic E-state index is 0.0433. The van der Waals surface area contributed by atoms with Crippen LogP contribution in [0.15, 0.2) is 18.2 Å². The molecule has 1 atom stereocenters. The van der Waals surface area contributed by atoms with Crippen molar-refractivity contribution in [3.63, 3.8) is 0 Å². The highest BCUT2D eigenvalue weighted by molar-refractivity contribution is 5.90. The van der Waals surface area contributed by atoms with Gasteiger partial charge >= 0.3 is 12.1 Å². The number of benzene rings is 1. The third-order valence-electron chi connectivity index (χ3n) is 5.07. The molecule has 0 unspecified atom stereocenters. The molecule has 3 rings (SSSR count). The molecule has 2 saturated heterocycles. The summed E-state index contributed by atoms with van der Waals surface area (Å²) in [5.74, 6) is -0.676. The molecule has 2 aliphatic heterocycles. The fourth-order valence-electron chi connectivity index (χ4n) is 3.48. The molecule has 0 aromatic heterocycles. The molecule has 1 aromatic carbocycles. The van der Waals surface area contributed by atoms with E-state index < -0.39 is 18.0 Å². The summed E-state index contributed by atoms with van der Waals surface area (Å²) in [6, 6.07) is 4.29. The Morgan fingerprint density at radius 1 is 1.30 bits per heavy atom. The highest BCUT2D eigenvalue weighted by Gasteiger charge is 2.33. The Morgan fingerprint density at radius 3 is 2.60 bits per heavy atom. The zero-order chi connectivity index (χ0) is 21.8. The highest BCUT2D eigenvalue weighted by Crippen LogP contribution is 2.29. The summed E-state index contributed by atoms with van der Waals surface area (Å²) in [6.07, 6.45) is -0.0316. The Labute approximate surface area is 174 Å². The molecule has 9 nitrogen and oxygen atoms in total. The number of hydrogen-bond acceptors (Lipinski definition) is 5. The van der Waals surface area contributed by atoms with E-state index >= 15 is 0 Å². The average molecular weight is 422 g/mol. The van der Waals surface area contributed by atoms with E-state index in [1.807, 2.05) is 0 Å². The van der Waals surface area contributed by atoms with Gasteiger partial charge in [-0.15, -0.1) is 0 Å². The van der Waals surface area contributed by atoms with Crippen molar-refractivity contribution in [2.75, 3.05) is 45.2 Å². The number of amides is 4. The smallest absolute Gasteiger partial charge is 0.414 e. The van der Waals surface area contributed by atoms with Crippen molar-refractivity contribution in [3.8, 4) is 5.75 Å². The van der Waals surface area contributed by atoms with E-state index in [0.717, 1.165) is 0 Å². The van der Waals surface area contributed by atoms with E-state index in [0.29, 0.717) is 31.6 Å². The van der Waals surface area contributed by atoms with Crippen LogP contribution in [0.3, 0.4) is 0 Å².